The topological polar surface area (TPSA) is 103 Å². The maximum Gasteiger partial charge on any atom is 0.337 e. The van der Waals surface area contributed by atoms with E-state index in [-0.39, 0.29) is 26.1 Å². The molecule has 0 N–H and O–H groups in total. The highest BCUT2D eigenvalue weighted by Gasteiger charge is 2.47. The first-order valence-electron chi connectivity index (χ1n) is 10.1. The highest BCUT2D eigenvalue weighted by molar-refractivity contribution is 6.00. The molecule has 7 nitrogen and oxygen atoms in total. The van der Waals surface area contributed by atoms with Gasteiger partial charge in [0.1, 0.15) is 13.2 Å². The predicted molar refractivity (Wildman–Crippen MR) is 115 cm³/mol. The van der Waals surface area contributed by atoms with Crippen molar-refractivity contribution in [2.75, 3.05) is 20.3 Å². The van der Waals surface area contributed by atoms with E-state index in [0.29, 0.717) is 31.2 Å². The Morgan fingerprint density at radius 3 is 2.06 bits per heavy atom. The molecule has 1 aromatic rings. The summed E-state index contributed by atoms with van der Waals surface area (Å²) in [5, 5.41) is 8.79. The maximum atomic E-state index is 13.0. The van der Waals surface area contributed by atoms with Crippen molar-refractivity contribution in [2.24, 2.45) is 5.41 Å². The Labute approximate surface area is 183 Å². The third-order valence-electron chi connectivity index (χ3n) is 4.80. The minimum absolute atomic E-state index is 0.0264. The third-order valence-corrected chi connectivity index (χ3v) is 4.80. The largest absolute Gasteiger partial charge is 0.465 e. The van der Waals surface area contributed by atoms with Crippen LogP contribution in [0.3, 0.4) is 0 Å². The van der Waals surface area contributed by atoms with Gasteiger partial charge in [0.25, 0.3) is 0 Å². The van der Waals surface area contributed by atoms with Gasteiger partial charge in [-0.2, -0.15) is 5.26 Å². The maximum absolute atomic E-state index is 13.0. The molecular weight excluding hydrogens is 398 g/mol. The van der Waals surface area contributed by atoms with Crippen molar-refractivity contribution in [3.8, 4) is 6.07 Å². The number of nitrogens with zero attached hydrogens (tertiary/aromatic N) is 1. The Kier molecular flexibility index (Phi) is 11.4. The smallest absolute Gasteiger partial charge is 0.337 e. The molecule has 0 aromatic heterocycles. The monoisotopic (exact) mass is 427 g/mol. The molecule has 1 rings (SSSR count). The Hall–Kier alpha value is -3.40. The molecule has 0 heterocycles. The molecule has 7 heteroatoms. The molecule has 0 fully saturated rings. The quantitative estimate of drug-likeness (QED) is 0.146. The van der Waals surface area contributed by atoms with Crippen LogP contribution in [0.5, 0.6) is 0 Å². The number of benzene rings is 1. The molecular formula is C24H29NO6. The summed E-state index contributed by atoms with van der Waals surface area (Å²) in [6, 6.07) is 8.81. The van der Waals surface area contributed by atoms with Gasteiger partial charge in [-0.05, 0) is 43.4 Å². The second-order valence-electron chi connectivity index (χ2n) is 6.91. The van der Waals surface area contributed by atoms with E-state index in [0.717, 1.165) is 5.56 Å². The molecule has 0 unspecified atom stereocenters. The van der Waals surface area contributed by atoms with Crippen molar-refractivity contribution in [3.05, 3.63) is 60.7 Å². The van der Waals surface area contributed by atoms with E-state index >= 15 is 0 Å². The molecule has 0 radical (unpaired) electrons. The number of carbonyl (C=O) groups excluding carboxylic acids is 3. The van der Waals surface area contributed by atoms with Crippen LogP contribution in [0.4, 0.5) is 0 Å². The lowest BCUT2D eigenvalue weighted by Crippen LogP contribution is -2.42. The van der Waals surface area contributed by atoms with Crippen molar-refractivity contribution >= 4 is 17.9 Å². The van der Waals surface area contributed by atoms with Crippen molar-refractivity contribution in [2.45, 2.75) is 38.5 Å². The Morgan fingerprint density at radius 1 is 1.00 bits per heavy atom. The zero-order chi connectivity index (χ0) is 23.1. The summed E-state index contributed by atoms with van der Waals surface area (Å²) in [5.74, 6) is -1.80. The van der Waals surface area contributed by atoms with E-state index in [1.165, 1.54) is 19.3 Å². The summed E-state index contributed by atoms with van der Waals surface area (Å²) < 4.78 is 15.2. The summed E-state index contributed by atoms with van der Waals surface area (Å²) in [6.07, 6.45) is 4.96. The van der Waals surface area contributed by atoms with E-state index < -0.39 is 23.3 Å². The summed E-state index contributed by atoms with van der Waals surface area (Å²) in [7, 11) is 1.31. The number of hydrogen-bond donors (Lipinski definition) is 0. The number of unbranched alkanes of at least 4 members (excludes halogenated alkanes) is 2. The molecule has 0 bridgehead atoms. The van der Waals surface area contributed by atoms with E-state index in [1.54, 1.807) is 24.3 Å². The standard InChI is InChI=1S/C24H29NO6/c1-4-17-30-22(27)24(14-7-6-8-16-25,23(28)31-18-5-2)15-13-19-9-11-20(12-10-19)21(26)29-3/h4-5,9-12H,1-2,6-8,13-15,17-18H2,3H3. The summed E-state index contributed by atoms with van der Waals surface area (Å²) in [6.45, 7) is 7.02. The van der Waals surface area contributed by atoms with Crippen LogP contribution in [-0.2, 0) is 30.2 Å². The van der Waals surface area contributed by atoms with E-state index in [1.807, 2.05) is 0 Å². The highest BCUT2D eigenvalue weighted by atomic mass is 16.6. The zero-order valence-corrected chi connectivity index (χ0v) is 17.9. The fourth-order valence-corrected chi connectivity index (χ4v) is 3.08. The molecule has 0 saturated carbocycles. The van der Waals surface area contributed by atoms with Crippen LogP contribution in [0.2, 0.25) is 0 Å². The molecule has 0 saturated heterocycles. The molecule has 0 aliphatic carbocycles. The van der Waals surface area contributed by atoms with Gasteiger partial charge < -0.3 is 14.2 Å². The molecule has 1 aromatic carbocycles. The van der Waals surface area contributed by atoms with Crippen LogP contribution in [0.15, 0.2) is 49.6 Å². The summed E-state index contributed by atoms with van der Waals surface area (Å²) >= 11 is 0. The van der Waals surface area contributed by atoms with Gasteiger partial charge in [-0.25, -0.2) is 4.79 Å². The number of nitriles is 1. The van der Waals surface area contributed by atoms with Gasteiger partial charge in [0.05, 0.1) is 18.7 Å². The van der Waals surface area contributed by atoms with Gasteiger partial charge in [-0.3, -0.25) is 9.59 Å². The first-order chi connectivity index (χ1) is 14.9. The molecule has 0 aliphatic rings. The number of methoxy groups -OCH3 is 1. The Bertz CT molecular complexity index is 782. The average molecular weight is 427 g/mol. The lowest BCUT2D eigenvalue weighted by Gasteiger charge is -2.29. The van der Waals surface area contributed by atoms with Gasteiger partial charge in [0.15, 0.2) is 5.41 Å². The SMILES string of the molecule is C=CCOC(=O)C(CCCCC#N)(CCc1ccc(C(=O)OC)cc1)C(=O)OCC=C. The van der Waals surface area contributed by atoms with Gasteiger partial charge in [0, 0.05) is 6.42 Å². The summed E-state index contributed by atoms with van der Waals surface area (Å²) in [5.41, 5.74) is -0.269. The zero-order valence-electron chi connectivity index (χ0n) is 17.9. The highest BCUT2D eigenvalue weighted by Crippen LogP contribution is 2.34. The van der Waals surface area contributed by atoms with Crippen molar-refractivity contribution in [1.82, 2.24) is 0 Å². The molecule has 0 amide bonds. The van der Waals surface area contributed by atoms with Crippen LogP contribution < -0.4 is 0 Å². The second kappa shape index (κ2) is 13.8. The number of carbonyl (C=O) groups is 3. The fraction of sp³-hybridized carbons (Fsp3) is 0.417. The van der Waals surface area contributed by atoms with E-state index in [9.17, 15) is 14.4 Å². The predicted octanol–water partition coefficient (Wildman–Crippen LogP) is 3.93. The van der Waals surface area contributed by atoms with Crippen LogP contribution in [0.25, 0.3) is 0 Å². The number of rotatable bonds is 14. The first-order valence-corrected chi connectivity index (χ1v) is 10.1. The number of hydrogen-bond acceptors (Lipinski definition) is 7. The van der Waals surface area contributed by atoms with Crippen LogP contribution in [0, 0.1) is 16.7 Å². The molecule has 166 valence electrons. The fourth-order valence-electron chi connectivity index (χ4n) is 3.08. The van der Waals surface area contributed by atoms with Gasteiger partial charge in [-0.1, -0.05) is 43.9 Å². The lowest BCUT2D eigenvalue weighted by molar-refractivity contribution is -0.172. The minimum Gasteiger partial charge on any atom is -0.465 e. The van der Waals surface area contributed by atoms with Crippen LogP contribution in [0.1, 0.15) is 48.0 Å². The Balaban J connectivity index is 3.13. The normalized spacial score (nSPS) is 10.5. The van der Waals surface area contributed by atoms with Crippen LogP contribution in [-0.4, -0.2) is 38.2 Å². The Morgan fingerprint density at radius 2 is 1.58 bits per heavy atom. The lowest BCUT2D eigenvalue weighted by atomic mass is 9.77. The minimum atomic E-state index is -1.51. The van der Waals surface area contributed by atoms with Crippen molar-refractivity contribution in [3.63, 3.8) is 0 Å². The first kappa shape index (κ1) is 25.6. The van der Waals surface area contributed by atoms with Crippen LogP contribution >= 0.6 is 0 Å². The van der Waals surface area contributed by atoms with Crippen molar-refractivity contribution < 1.29 is 28.6 Å². The molecule has 31 heavy (non-hydrogen) atoms. The number of ether oxygens (including phenoxy) is 3. The molecule has 0 aliphatic heterocycles. The second-order valence-corrected chi connectivity index (χ2v) is 6.91. The van der Waals surface area contributed by atoms with Gasteiger partial charge >= 0.3 is 17.9 Å². The summed E-state index contributed by atoms with van der Waals surface area (Å²) in [4.78, 5) is 37.6. The molecule has 0 atom stereocenters. The van der Waals surface area contributed by atoms with E-state index in [4.69, 9.17) is 19.5 Å². The van der Waals surface area contributed by atoms with Crippen molar-refractivity contribution in [1.29, 1.82) is 5.26 Å². The average Bonchev–Trinajstić information content (AvgIpc) is 2.80. The van der Waals surface area contributed by atoms with Gasteiger partial charge in [-0.15, -0.1) is 0 Å². The van der Waals surface area contributed by atoms with E-state index in [2.05, 4.69) is 19.2 Å². The third kappa shape index (κ3) is 7.74. The molecule has 0 spiro atoms. The number of aryl methyl sites for hydroxylation is 1. The van der Waals surface area contributed by atoms with Gasteiger partial charge in [0.2, 0.25) is 0 Å². The number of esters is 3.